The summed E-state index contributed by atoms with van der Waals surface area (Å²) in [6.45, 7) is 5.36. The fourth-order valence-corrected chi connectivity index (χ4v) is 2.00. The van der Waals surface area contributed by atoms with E-state index in [0.717, 1.165) is 11.6 Å². The van der Waals surface area contributed by atoms with Crippen molar-refractivity contribution in [2.24, 2.45) is 11.0 Å². The molecular weight excluding hydrogens is 321 g/mol. The van der Waals surface area contributed by atoms with Crippen molar-refractivity contribution >= 4 is 23.2 Å². The van der Waals surface area contributed by atoms with Crippen LogP contribution in [0.25, 0.3) is 0 Å². The molecule has 0 radical (unpaired) electrons. The fraction of sp³-hybridized carbons (Fsp3) is 0.211. The van der Waals surface area contributed by atoms with Gasteiger partial charge in [0.2, 0.25) is 5.91 Å². The molecule has 5 nitrogen and oxygen atoms in total. The highest BCUT2D eigenvalue weighted by atomic mass is 19.1. The lowest BCUT2D eigenvalue weighted by Crippen LogP contribution is -2.20. The molecule has 0 aromatic heterocycles. The molecule has 0 aliphatic carbocycles. The summed E-state index contributed by atoms with van der Waals surface area (Å²) in [5, 5.41) is 6.85. The molecule has 0 spiro atoms. The lowest BCUT2D eigenvalue weighted by Gasteiger charge is -2.09. The molecule has 25 heavy (non-hydrogen) atoms. The highest BCUT2D eigenvalue weighted by molar-refractivity contribution is 6.02. The van der Waals surface area contributed by atoms with Gasteiger partial charge < -0.3 is 5.32 Å². The van der Waals surface area contributed by atoms with Crippen molar-refractivity contribution in [3.63, 3.8) is 0 Å². The fourth-order valence-electron chi connectivity index (χ4n) is 2.00. The zero-order valence-electron chi connectivity index (χ0n) is 14.3. The molecule has 2 aromatic carbocycles. The third-order valence-corrected chi connectivity index (χ3v) is 3.48. The first kappa shape index (κ1) is 18.3. The smallest absolute Gasteiger partial charge is 0.271 e. The van der Waals surface area contributed by atoms with E-state index in [1.807, 2.05) is 19.9 Å². The summed E-state index contributed by atoms with van der Waals surface area (Å²) < 4.78 is 13.1. The van der Waals surface area contributed by atoms with Gasteiger partial charge in [-0.2, -0.15) is 5.10 Å². The van der Waals surface area contributed by atoms with Gasteiger partial charge in [-0.3, -0.25) is 9.59 Å². The van der Waals surface area contributed by atoms with Crippen LogP contribution < -0.4 is 10.7 Å². The average molecular weight is 341 g/mol. The van der Waals surface area contributed by atoms with E-state index in [-0.39, 0.29) is 17.4 Å². The highest BCUT2D eigenvalue weighted by Gasteiger charge is 2.09. The van der Waals surface area contributed by atoms with E-state index in [9.17, 15) is 14.0 Å². The van der Waals surface area contributed by atoms with Crippen LogP contribution in [-0.4, -0.2) is 17.5 Å². The predicted octanol–water partition coefficient (Wildman–Crippen LogP) is 3.57. The minimum atomic E-state index is -0.497. The number of hydrogen-bond acceptors (Lipinski definition) is 3. The summed E-state index contributed by atoms with van der Waals surface area (Å²) in [6.07, 6.45) is 0. The maximum atomic E-state index is 13.1. The third kappa shape index (κ3) is 5.24. The number of anilines is 1. The van der Waals surface area contributed by atoms with E-state index in [1.165, 1.54) is 18.2 Å². The van der Waals surface area contributed by atoms with Gasteiger partial charge in [-0.05, 0) is 42.8 Å². The first-order chi connectivity index (χ1) is 11.9. The van der Waals surface area contributed by atoms with Crippen LogP contribution >= 0.6 is 0 Å². The molecule has 6 heteroatoms. The number of rotatable bonds is 5. The Morgan fingerprint density at radius 2 is 1.72 bits per heavy atom. The molecular formula is C19H20FN3O2. The summed E-state index contributed by atoms with van der Waals surface area (Å²) in [5.74, 6) is -1.18. The SMILES string of the molecule is C/C(=N\NC(=O)c1cccc(F)c1)c1cccc(NC(=O)C(C)C)c1. The molecule has 2 aromatic rings. The standard InChI is InChI=1S/C19H20FN3O2/c1-12(2)18(24)21-17-9-5-6-14(11-17)13(3)22-23-19(25)15-7-4-8-16(20)10-15/h4-12H,1-3H3,(H,21,24)(H,23,25)/b22-13+. The van der Waals surface area contributed by atoms with Crippen LogP contribution in [0, 0.1) is 11.7 Å². The number of halogens is 1. The molecule has 0 unspecified atom stereocenters. The largest absolute Gasteiger partial charge is 0.326 e. The molecule has 0 bridgehead atoms. The summed E-state index contributed by atoms with van der Waals surface area (Å²) in [7, 11) is 0. The summed E-state index contributed by atoms with van der Waals surface area (Å²) in [5.41, 5.74) is 4.55. The van der Waals surface area contributed by atoms with Crippen molar-refractivity contribution in [2.45, 2.75) is 20.8 Å². The van der Waals surface area contributed by atoms with E-state index in [1.54, 1.807) is 25.1 Å². The number of carbonyl (C=O) groups is 2. The van der Waals surface area contributed by atoms with E-state index in [4.69, 9.17) is 0 Å². The zero-order valence-corrected chi connectivity index (χ0v) is 14.3. The van der Waals surface area contributed by atoms with Crippen LogP contribution in [0.3, 0.4) is 0 Å². The Kier molecular flexibility index (Phi) is 6.00. The summed E-state index contributed by atoms with van der Waals surface area (Å²) >= 11 is 0. The molecule has 2 N–H and O–H groups in total. The van der Waals surface area contributed by atoms with Crippen LogP contribution in [0.2, 0.25) is 0 Å². The molecule has 0 atom stereocenters. The molecule has 130 valence electrons. The third-order valence-electron chi connectivity index (χ3n) is 3.48. The Morgan fingerprint density at radius 1 is 1.04 bits per heavy atom. The van der Waals surface area contributed by atoms with E-state index in [0.29, 0.717) is 11.4 Å². The van der Waals surface area contributed by atoms with Crippen molar-refractivity contribution in [3.05, 3.63) is 65.5 Å². The van der Waals surface area contributed by atoms with Gasteiger partial charge in [0.15, 0.2) is 0 Å². The van der Waals surface area contributed by atoms with Crippen molar-refractivity contribution in [3.8, 4) is 0 Å². The van der Waals surface area contributed by atoms with Crippen LogP contribution in [0.5, 0.6) is 0 Å². The summed E-state index contributed by atoms with van der Waals surface area (Å²) in [6, 6.07) is 12.5. The summed E-state index contributed by atoms with van der Waals surface area (Å²) in [4.78, 5) is 23.7. The zero-order chi connectivity index (χ0) is 18.4. The second-order valence-corrected chi connectivity index (χ2v) is 5.87. The van der Waals surface area contributed by atoms with E-state index < -0.39 is 11.7 Å². The maximum absolute atomic E-state index is 13.1. The Bertz CT molecular complexity index is 816. The average Bonchev–Trinajstić information content (AvgIpc) is 2.59. The molecule has 2 amide bonds. The van der Waals surface area contributed by atoms with Crippen molar-refractivity contribution in [2.75, 3.05) is 5.32 Å². The van der Waals surface area contributed by atoms with Crippen molar-refractivity contribution in [1.82, 2.24) is 5.43 Å². The lowest BCUT2D eigenvalue weighted by atomic mass is 10.1. The van der Waals surface area contributed by atoms with Gasteiger partial charge in [0.05, 0.1) is 5.71 Å². The quantitative estimate of drug-likeness (QED) is 0.645. The van der Waals surface area contributed by atoms with Crippen molar-refractivity contribution in [1.29, 1.82) is 0 Å². The second-order valence-electron chi connectivity index (χ2n) is 5.87. The van der Waals surface area contributed by atoms with Gasteiger partial charge in [-0.15, -0.1) is 0 Å². The number of nitrogens with one attached hydrogen (secondary N) is 2. The minimum Gasteiger partial charge on any atom is -0.326 e. The predicted molar refractivity (Wildman–Crippen MR) is 96.0 cm³/mol. The lowest BCUT2D eigenvalue weighted by molar-refractivity contribution is -0.118. The number of hydrazone groups is 1. The van der Waals surface area contributed by atoms with Crippen LogP contribution in [0.4, 0.5) is 10.1 Å². The molecule has 0 saturated carbocycles. The van der Waals surface area contributed by atoms with Gasteiger partial charge in [0.25, 0.3) is 5.91 Å². The van der Waals surface area contributed by atoms with Gasteiger partial charge in [0.1, 0.15) is 5.82 Å². The van der Waals surface area contributed by atoms with Gasteiger partial charge in [-0.25, -0.2) is 9.82 Å². The van der Waals surface area contributed by atoms with E-state index >= 15 is 0 Å². The maximum Gasteiger partial charge on any atom is 0.271 e. The molecule has 0 saturated heterocycles. The van der Waals surface area contributed by atoms with Crippen LogP contribution in [0.1, 0.15) is 36.7 Å². The number of amides is 2. The second kappa shape index (κ2) is 8.19. The van der Waals surface area contributed by atoms with Gasteiger partial charge in [-0.1, -0.05) is 32.0 Å². The Hall–Kier alpha value is -3.02. The number of benzene rings is 2. The minimum absolute atomic E-state index is 0.0776. The van der Waals surface area contributed by atoms with Crippen LogP contribution in [-0.2, 0) is 4.79 Å². The monoisotopic (exact) mass is 341 g/mol. The van der Waals surface area contributed by atoms with Crippen molar-refractivity contribution < 1.29 is 14.0 Å². The molecule has 0 heterocycles. The van der Waals surface area contributed by atoms with E-state index in [2.05, 4.69) is 15.8 Å². The first-order valence-corrected chi connectivity index (χ1v) is 7.88. The number of carbonyl (C=O) groups excluding carboxylic acids is 2. The first-order valence-electron chi connectivity index (χ1n) is 7.88. The molecule has 2 rings (SSSR count). The Balaban J connectivity index is 2.09. The highest BCUT2D eigenvalue weighted by Crippen LogP contribution is 2.13. The number of nitrogens with zero attached hydrogens (tertiary/aromatic N) is 1. The normalized spacial score (nSPS) is 11.3. The van der Waals surface area contributed by atoms with Gasteiger partial charge >= 0.3 is 0 Å². The Morgan fingerprint density at radius 3 is 2.40 bits per heavy atom. The molecule has 0 fully saturated rings. The Labute approximate surface area is 145 Å². The topological polar surface area (TPSA) is 70.6 Å². The van der Waals surface area contributed by atoms with Gasteiger partial charge in [0, 0.05) is 17.2 Å². The molecule has 0 aliphatic heterocycles. The van der Waals surface area contributed by atoms with Crippen LogP contribution in [0.15, 0.2) is 53.6 Å². The molecule has 0 aliphatic rings. The number of hydrogen-bond donors (Lipinski definition) is 2.